The van der Waals surface area contributed by atoms with Crippen LogP contribution in [0, 0.1) is 12.8 Å². The highest BCUT2D eigenvalue weighted by Gasteiger charge is 2.18. The van der Waals surface area contributed by atoms with Gasteiger partial charge in [-0.05, 0) is 49.2 Å². The van der Waals surface area contributed by atoms with E-state index in [9.17, 15) is 5.11 Å². The molecule has 4 heteroatoms. The summed E-state index contributed by atoms with van der Waals surface area (Å²) in [5, 5.41) is 14.3. The van der Waals surface area contributed by atoms with Crippen LogP contribution in [0.3, 0.4) is 0 Å². The van der Waals surface area contributed by atoms with Gasteiger partial charge in [0.15, 0.2) is 0 Å². The van der Waals surface area contributed by atoms with Gasteiger partial charge in [0, 0.05) is 42.4 Å². The molecule has 0 radical (unpaired) electrons. The monoisotopic (exact) mass is 318 g/mol. The molecule has 0 spiro atoms. The summed E-state index contributed by atoms with van der Waals surface area (Å²) < 4.78 is 1.39. The van der Waals surface area contributed by atoms with E-state index in [-0.39, 0.29) is 0 Å². The summed E-state index contributed by atoms with van der Waals surface area (Å²) in [5.41, 5.74) is 1.45. The minimum atomic E-state index is 0.337. The Morgan fingerprint density at radius 2 is 2.23 bits per heavy atom. The highest BCUT2D eigenvalue weighted by atomic mass is 32.1. The average molecular weight is 318 g/mol. The smallest absolute Gasteiger partial charge is 0.0471 e. The predicted molar refractivity (Wildman–Crippen MR) is 94.5 cm³/mol. The SMILES string of the molecule is Cc1sc2ccccc2c1CNCCN1CCCC(CO)C1. The number of hydrogen-bond donors (Lipinski definition) is 2. The molecule has 3 rings (SSSR count). The van der Waals surface area contributed by atoms with Crippen LogP contribution in [0.1, 0.15) is 23.3 Å². The molecule has 3 nitrogen and oxygen atoms in total. The minimum absolute atomic E-state index is 0.337. The summed E-state index contributed by atoms with van der Waals surface area (Å²) in [6.07, 6.45) is 2.40. The third-order valence-corrected chi connectivity index (χ3v) is 5.80. The van der Waals surface area contributed by atoms with Crippen molar-refractivity contribution in [3.8, 4) is 0 Å². The van der Waals surface area contributed by atoms with Crippen LogP contribution >= 0.6 is 11.3 Å². The fourth-order valence-corrected chi connectivity index (χ4v) is 4.48. The first-order chi connectivity index (χ1) is 10.8. The Bertz CT molecular complexity index is 610. The number of likely N-dealkylation sites (tertiary alicyclic amines) is 1. The van der Waals surface area contributed by atoms with Crippen molar-refractivity contribution in [1.82, 2.24) is 10.2 Å². The molecule has 1 aromatic carbocycles. The van der Waals surface area contributed by atoms with Crippen LogP contribution in [-0.2, 0) is 6.54 Å². The predicted octanol–water partition coefficient (Wildman–Crippen LogP) is 3.00. The van der Waals surface area contributed by atoms with Crippen molar-refractivity contribution >= 4 is 21.4 Å². The number of hydrogen-bond acceptors (Lipinski definition) is 4. The molecule has 1 saturated heterocycles. The maximum absolute atomic E-state index is 9.30. The topological polar surface area (TPSA) is 35.5 Å². The van der Waals surface area contributed by atoms with Gasteiger partial charge >= 0.3 is 0 Å². The van der Waals surface area contributed by atoms with Crippen LogP contribution in [0.4, 0.5) is 0 Å². The molecule has 0 bridgehead atoms. The van der Waals surface area contributed by atoms with Crippen molar-refractivity contribution in [2.24, 2.45) is 5.92 Å². The van der Waals surface area contributed by atoms with Crippen LogP contribution in [0.2, 0.25) is 0 Å². The number of nitrogens with zero attached hydrogens (tertiary/aromatic N) is 1. The van der Waals surface area contributed by atoms with E-state index in [1.54, 1.807) is 0 Å². The molecule has 1 unspecified atom stereocenters. The molecular formula is C18H26N2OS. The Hall–Kier alpha value is -0.940. The van der Waals surface area contributed by atoms with E-state index in [0.29, 0.717) is 12.5 Å². The minimum Gasteiger partial charge on any atom is -0.396 e. The molecule has 0 saturated carbocycles. The molecule has 0 amide bonds. The Kier molecular flexibility index (Phi) is 5.47. The van der Waals surface area contributed by atoms with Crippen LogP contribution < -0.4 is 5.32 Å². The van der Waals surface area contributed by atoms with Crippen LogP contribution in [-0.4, -0.2) is 42.8 Å². The van der Waals surface area contributed by atoms with Crippen molar-refractivity contribution in [3.63, 3.8) is 0 Å². The van der Waals surface area contributed by atoms with Gasteiger partial charge in [0.2, 0.25) is 0 Å². The second-order valence-electron chi connectivity index (χ2n) is 6.30. The molecule has 0 aliphatic carbocycles. The Balaban J connectivity index is 1.49. The van der Waals surface area contributed by atoms with Gasteiger partial charge in [-0.3, -0.25) is 0 Å². The highest BCUT2D eigenvalue weighted by Crippen LogP contribution is 2.30. The summed E-state index contributed by atoms with van der Waals surface area (Å²) in [6.45, 7) is 7.84. The number of rotatable bonds is 6. The fraction of sp³-hybridized carbons (Fsp3) is 0.556. The fourth-order valence-electron chi connectivity index (χ4n) is 3.39. The Morgan fingerprint density at radius 1 is 1.36 bits per heavy atom. The number of aliphatic hydroxyl groups is 1. The van der Waals surface area contributed by atoms with Crippen molar-refractivity contribution in [3.05, 3.63) is 34.7 Å². The molecule has 22 heavy (non-hydrogen) atoms. The zero-order chi connectivity index (χ0) is 15.4. The normalized spacial score (nSPS) is 19.8. The maximum Gasteiger partial charge on any atom is 0.0471 e. The third-order valence-electron chi connectivity index (χ3n) is 4.67. The van der Waals surface area contributed by atoms with E-state index >= 15 is 0 Å². The van der Waals surface area contributed by atoms with Crippen molar-refractivity contribution in [1.29, 1.82) is 0 Å². The second kappa shape index (κ2) is 7.55. The molecule has 120 valence electrons. The van der Waals surface area contributed by atoms with Gasteiger partial charge in [-0.15, -0.1) is 11.3 Å². The van der Waals surface area contributed by atoms with E-state index in [2.05, 4.69) is 41.4 Å². The number of aryl methyl sites for hydroxylation is 1. The Labute approximate surface area is 137 Å². The van der Waals surface area contributed by atoms with Crippen LogP contribution in [0.15, 0.2) is 24.3 Å². The number of fused-ring (bicyclic) bond motifs is 1. The molecule has 1 atom stereocenters. The van der Waals surface area contributed by atoms with Gasteiger partial charge < -0.3 is 15.3 Å². The van der Waals surface area contributed by atoms with Gasteiger partial charge in [0.25, 0.3) is 0 Å². The van der Waals surface area contributed by atoms with E-state index in [1.165, 1.54) is 39.9 Å². The largest absolute Gasteiger partial charge is 0.396 e. The number of benzene rings is 1. The summed E-state index contributed by atoms with van der Waals surface area (Å²) in [7, 11) is 0. The zero-order valence-corrected chi connectivity index (χ0v) is 14.2. The zero-order valence-electron chi connectivity index (χ0n) is 13.3. The lowest BCUT2D eigenvalue weighted by Gasteiger charge is -2.31. The first kappa shape index (κ1) is 15.9. The number of thiophene rings is 1. The van der Waals surface area contributed by atoms with E-state index in [1.807, 2.05) is 11.3 Å². The summed E-state index contributed by atoms with van der Waals surface area (Å²) >= 11 is 1.89. The van der Waals surface area contributed by atoms with Crippen LogP contribution in [0.25, 0.3) is 10.1 Å². The van der Waals surface area contributed by atoms with Crippen molar-refractivity contribution in [2.75, 3.05) is 32.8 Å². The molecule has 1 aliphatic rings. The second-order valence-corrected chi connectivity index (χ2v) is 7.56. The molecule has 2 aromatic rings. The lowest BCUT2D eigenvalue weighted by Crippen LogP contribution is -2.40. The van der Waals surface area contributed by atoms with Crippen LogP contribution in [0.5, 0.6) is 0 Å². The summed E-state index contributed by atoms with van der Waals surface area (Å²) in [6, 6.07) is 8.68. The van der Waals surface area contributed by atoms with Gasteiger partial charge in [-0.2, -0.15) is 0 Å². The molecular weight excluding hydrogens is 292 g/mol. The lowest BCUT2D eigenvalue weighted by atomic mass is 9.99. The van der Waals surface area contributed by atoms with E-state index in [4.69, 9.17) is 0 Å². The van der Waals surface area contributed by atoms with Gasteiger partial charge in [0.1, 0.15) is 0 Å². The first-order valence-corrected chi connectivity index (χ1v) is 9.10. The molecule has 1 aromatic heterocycles. The summed E-state index contributed by atoms with van der Waals surface area (Å²) in [5.74, 6) is 0.483. The molecule has 1 aliphatic heterocycles. The highest BCUT2D eigenvalue weighted by molar-refractivity contribution is 7.19. The maximum atomic E-state index is 9.30. The molecule has 2 heterocycles. The van der Waals surface area contributed by atoms with E-state index in [0.717, 1.165) is 26.2 Å². The number of nitrogens with one attached hydrogen (secondary N) is 1. The lowest BCUT2D eigenvalue weighted by molar-refractivity contribution is 0.121. The third kappa shape index (κ3) is 3.69. The standard InChI is InChI=1S/C18H26N2OS/c1-14-17(16-6-2-3-7-18(16)22-14)11-19-8-10-20-9-4-5-15(12-20)13-21/h2-3,6-7,15,19,21H,4-5,8-13H2,1H3. The van der Waals surface area contributed by atoms with Gasteiger partial charge in [0.05, 0.1) is 0 Å². The van der Waals surface area contributed by atoms with Crippen molar-refractivity contribution < 1.29 is 5.11 Å². The van der Waals surface area contributed by atoms with Crippen molar-refractivity contribution in [2.45, 2.75) is 26.3 Å². The van der Waals surface area contributed by atoms with Gasteiger partial charge in [-0.1, -0.05) is 18.2 Å². The Morgan fingerprint density at radius 3 is 3.09 bits per heavy atom. The molecule has 2 N–H and O–H groups in total. The number of piperidine rings is 1. The molecule has 1 fully saturated rings. The summed E-state index contributed by atoms with van der Waals surface area (Å²) in [4.78, 5) is 3.91. The average Bonchev–Trinajstić information content (AvgIpc) is 2.87. The quantitative estimate of drug-likeness (QED) is 0.804. The number of aliphatic hydroxyl groups excluding tert-OH is 1. The first-order valence-electron chi connectivity index (χ1n) is 8.29. The van der Waals surface area contributed by atoms with Gasteiger partial charge in [-0.25, -0.2) is 0 Å². The van der Waals surface area contributed by atoms with E-state index < -0.39 is 0 Å².